The molecule has 2 N–H and O–H groups in total. The summed E-state index contributed by atoms with van der Waals surface area (Å²) in [5.41, 5.74) is 2.33. The Morgan fingerprint density at radius 2 is 1.76 bits per heavy atom. The second-order valence-corrected chi connectivity index (χ2v) is 6.65. The minimum absolute atomic E-state index is 0.0995. The van der Waals surface area contributed by atoms with Gasteiger partial charge in [0.15, 0.2) is 0 Å². The Labute approximate surface area is 128 Å². The Hall–Kier alpha value is -1.51. The molecular weight excluding hydrogens is 260 g/mol. The van der Waals surface area contributed by atoms with Crippen LogP contribution in [0, 0.1) is 5.92 Å². The van der Waals surface area contributed by atoms with Gasteiger partial charge in [0.05, 0.1) is 6.54 Å². The van der Waals surface area contributed by atoms with Crippen LogP contribution in [-0.2, 0) is 4.79 Å². The molecule has 2 rings (SSSR count). The lowest BCUT2D eigenvalue weighted by molar-refractivity contribution is -0.120. The van der Waals surface area contributed by atoms with Crippen molar-refractivity contribution in [2.45, 2.75) is 58.4 Å². The van der Waals surface area contributed by atoms with Crippen LogP contribution >= 0.6 is 0 Å². The maximum atomic E-state index is 12.0. The van der Waals surface area contributed by atoms with Gasteiger partial charge in [0.25, 0.3) is 0 Å². The molecule has 0 aromatic heterocycles. The molecule has 3 heteroatoms. The van der Waals surface area contributed by atoms with Crippen molar-refractivity contribution in [1.29, 1.82) is 0 Å². The van der Waals surface area contributed by atoms with Gasteiger partial charge in [-0.3, -0.25) is 4.79 Å². The molecule has 0 aliphatic heterocycles. The van der Waals surface area contributed by atoms with Gasteiger partial charge < -0.3 is 10.6 Å². The molecule has 0 heterocycles. The fraction of sp³-hybridized carbons (Fsp3) is 0.611. The molecule has 3 nitrogen and oxygen atoms in total. The van der Waals surface area contributed by atoms with Crippen molar-refractivity contribution in [3.05, 3.63) is 29.8 Å². The number of hydrogen-bond donors (Lipinski definition) is 2. The Balaban J connectivity index is 1.73. The smallest absolute Gasteiger partial charge is 0.239 e. The van der Waals surface area contributed by atoms with E-state index in [0.29, 0.717) is 18.5 Å². The van der Waals surface area contributed by atoms with Gasteiger partial charge in [0, 0.05) is 11.7 Å². The maximum Gasteiger partial charge on any atom is 0.239 e. The SMILES string of the molecule is CC1CCC(NC(=O)CNc2ccc(C(C)C)cc2)CC1. The standard InChI is InChI=1S/C18H28N2O/c1-13(2)15-6-10-16(11-7-15)19-12-18(21)20-17-8-4-14(3)5-9-17/h6-7,10-11,13-14,17,19H,4-5,8-9,12H2,1-3H3,(H,20,21). The lowest BCUT2D eigenvalue weighted by atomic mass is 9.87. The molecule has 1 aromatic rings. The third-order valence-corrected chi connectivity index (χ3v) is 4.41. The Kier molecular flexibility index (Phi) is 5.66. The van der Waals surface area contributed by atoms with Crippen molar-refractivity contribution in [3.63, 3.8) is 0 Å². The highest BCUT2D eigenvalue weighted by Gasteiger charge is 2.19. The lowest BCUT2D eigenvalue weighted by Gasteiger charge is -2.27. The van der Waals surface area contributed by atoms with Gasteiger partial charge in [-0.25, -0.2) is 0 Å². The average Bonchev–Trinajstić information content (AvgIpc) is 2.48. The first-order valence-electron chi connectivity index (χ1n) is 8.17. The monoisotopic (exact) mass is 288 g/mol. The van der Waals surface area contributed by atoms with Crippen molar-refractivity contribution < 1.29 is 4.79 Å². The normalized spacial score (nSPS) is 22.1. The van der Waals surface area contributed by atoms with Crippen molar-refractivity contribution in [2.24, 2.45) is 5.92 Å². The summed E-state index contributed by atoms with van der Waals surface area (Å²) in [6.07, 6.45) is 4.70. The molecule has 0 saturated heterocycles. The molecule has 0 radical (unpaired) electrons. The molecule has 0 unspecified atom stereocenters. The molecular formula is C18H28N2O. The van der Waals surface area contributed by atoms with Gasteiger partial charge in [0.2, 0.25) is 5.91 Å². The summed E-state index contributed by atoms with van der Waals surface area (Å²) < 4.78 is 0. The van der Waals surface area contributed by atoms with E-state index in [1.165, 1.54) is 18.4 Å². The molecule has 1 aliphatic rings. The second-order valence-electron chi connectivity index (χ2n) is 6.65. The van der Waals surface area contributed by atoms with Gasteiger partial charge in [0.1, 0.15) is 0 Å². The van der Waals surface area contributed by atoms with Crippen LogP contribution in [0.4, 0.5) is 5.69 Å². The van der Waals surface area contributed by atoms with Crippen LogP contribution in [0.25, 0.3) is 0 Å². The largest absolute Gasteiger partial charge is 0.376 e. The number of amides is 1. The van der Waals surface area contributed by atoms with Crippen molar-refractivity contribution in [3.8, 4) is 0 Å². The summed E-state index contributed by atoms with van der Waals surface area (Å²) in [4.78, 5) is 12.0. The van der Waals surface area contributed by atoms with Gasteiger partial charge >= 0.3 is 0 Å². The van der Waals surface area contributed by atoms with Crippen LogP contribution in [0.1, 0.15) is 57.9 Å². The number of nitrogens with one attached hydrogen (secondary N) is 2. The van der Waals surface area contributed by atoms with E-state index in [0.717, 1.165) is 24.4 Å². The Morgan fingerprint density at radius 1 is 1.14 bits per heavy atom. The zero-order valence-corrected chi connectivity index (χ0v) is 13.5. The Bertz CT molecular complexity index is 445. The second kappa shape index (κ2) is 7.48. The predicted molar refractivity (Wildman–Crippen MR) is 88.6 cm³/mol. The van der Waals surface area contributed by atoms with Crippen LogP contribution in [-0.4, -0.2) is 18.5 Å². The highest BCUT2D eigenvalue weighted by atomic mass is 16.1. The van der Waals surface area contributed by atoms with E-state index in [-0.39, 0.29) is 5.91 Å². The number of hydrogen-bond acceptors (Lipinski definition) is 2. The fourth-order valence-electron chi connectivity index (χ4n) is 2.85. The third kappa shape index (κ3) is 5.07. The van der Waals surface area contributed by atoms with Crippen molar-refractivity contribution >= 4 is 11.6 Å². The van der Waals surface area contributed by atoms with E-state index < -0.39 is 0 Å². The topological polar surface area (TPSA) is 41.1 Å². The summed E-state index contributed by atoms with van der Waals surface area (Å²) in [5.74, 6) is 1.45. The molecule has 1 fully saturated rings. The quantitative estimate of drug-likeness (QED) is 0.862. The zero-order valence-electron chi connectivity index (χ0n) is 13.5. The van der Waals surface area contributed by atoms with Crippen LogP contribution < -0.4 is 10.6 Å². The minimum Gasteiger partial charge on any atom is -0.376 e. The van der Waals surface area contributed by atoms with Crippen LogP contribution in [0.15, 0.2) is 24.3 Å². The lowest BCUT2D eigenvalue weighted by Crippen LogP contribution is -2.40. The van der Waals surface area contributed by atoms with Crippen molar-refractivity contribution in [1.82, 2.24) is 5.32 Å². The molecule has 1 amide bonds. The summed E-state index contributed by atoms with van der Waals surface area (Å²) in [6.45, 7) is 7.01. The van der Waals surface area contributed by atoms with E-state index >= 15 is 0 Å². The van der Waals surface area contributed by atoms with Crippen LogP contribution in [0.5, 0.6) is 0 Å². The van der Waals surface area contributed by atoms with Crippen LogP contribution in [0.3, 0.4) is 0 Å². The van der Waals surface area contributed by atoms with Crippen LogP contribution in [0.2, 0.25) is 0 Å². The van der Waals surface area contributed by atoms with Crippen molar-refractivity contribution in [2.75, 3.05) is 11.9 Å². The third-order valence-electron chi connectivity index (χ3n) is 4.41. The molecule has 0 spiro atoms. The minimum atomic E-state index is 0.0995. The molecule has 116 valence electrons. The van der Waals surface area contributed by atoms with Gasteiger partial charge in [-0.05, 0) is 55.2 Å². The van der Waals surface area contributed by atoms with Gasteiger partial charge in [-0.1, -0.05) is 32.9 Å². The number of rotatable bonds is 5. The number of anilines is 1. The highest BCUT2D eigenvalue weighted by molar-refractivity contribution is 5.80. The number of carbonyl (C=O) groups excluding carboxylic acids is 1. The Morgan fingerprint density at radius 3 is 2.33 bits per heavy atom. The molecule has 1 aliphatic carbocycles. The highest BCUT2D eigenvalue weighted by Crippen LogP contribution is 2.23. The fourth-order valence-corrected chi connectivity index (χ4v) is 2.85. The first kappa shape index (κ1) is 15.9. The summed E-state index contributed by atoms with van der Waals surface area (Å²) in [5, 5.41) is 6.33. The number of benzene rings is 1. The summed E-state index contributed by atoms with van der Waals surface area (Å²) in [7, 11) is 0. The van der Waals surface area contributed by atoms with E-state index in [1.807, 2.05) is 12.1 Å². The molecule has 0 bridgehead atoms. The first-order valence-corrected chi connectivity index (χ1v) is 8.17. The summed E-state index contributed by atoms with van der Waals surface area (Å²) in [6, 6.07) is 8.70. The molecule has 1 aromatic carbocycles. The van der Waals surface area contributed by atoms with Gasteiger partial charge in [-0.15, -0.1) is 0 Å². The van der Waals surface area contributed by atoms with E-state index in [2.05, 4.69) is 43.5 Å². The van der Waals surface area contributed by atoms with E-state index in [1.54, 1.807) is 0 Å². The maximum absolute atomic E-state index is 12.0. The van der Waals surface area contributed by atoms with E-state index in [9.17, 15) is 4.79 Å². The van der Waals surface area contributed by atoms with E-state index in [4.69, 9.17) is 0 Å². The molecule has 0 atom stereocenters. The average molecular weight is 288 g/mol. The number of carbonyl (C=O) groups is 1. The summed E-state index contributed by atoms with van der Waals surface area (Å²) >= 11 is 0. The predicted octanol–water partition coefficient (Wildman–Crippen LogP) is 3.92. The zero-order chi connectivity index (χ0) is 15.2. The van der Waals surface area contributed by atoms with Gasteiger partial charge in [-0.2, -0.15) is 0 Å². The molecule has 21 heavy (non-hydrogen) atoms. The first-order chi connectivity index (χ1) is 10.0. The molecule has 1 saturated carbocycles.